The molecule has 0 atom stereocenters. The van der Waals surface area contributed by atoms with E-state index in [0.717, 1.165) is 17.6 Å². The molecule has 22 heavy (non-hydrogen) atoms. The predicted molar refractivity (Wildman–Crippen MR) is 85.6 cm³/mol. The summed E-state index contributed by atoms with van der Waals surface area (Å²) in [4.78, 5) is 16.3. The maximum atomic E-state index is 11.6. The molecule has 5 nitrogen and oxygen atoms in total. The van der Waals surface area contributed by atoms with Crippen LogP contribution in [0.1, 0.15) is 24.0 Å². The molecule has 0 saturated heterocycles. The van der Waals surface area contributed by atoms with E-state index in [2.05, 4.69) is 5.16 Å². The van der Waals surface area contributed by atoms with Gasteiger partial charge < -0.3 is 15.3 Å². The van der Waals surface area contributed by atoms with Gasteiger partial charge in [0.1, 0.15) is 11.6 Å². The zero-order chi connectivity index (χ0) is 15.9. The van der Waals surface area contributed by atoms with Gasteiger partial charge in [-0.15, -0.1) is 0 Å². The summed E-state index contributed by atoms with van der Waals surface area (Å²) < 4.78 is 5.36. The minimum absolute atomic E-state index is 0.205. The lowest BCUT2D eigenvalue weighted by Gasteiger charge is -2.07. The van der Waals surface area contributed by atoms with E-state index < -0.39 is 5.97 Å². The number of ether oxygens (including phenoxy) is 1. The Morgan fingerprint density at radius 2 is 2.14 bits per heavy atom. The first-order valence-electron chi connectivity index (χ1n) is 7.11. The lowest BCUT2D eigenvalue weighted by molar-refractivity contribution is -0.146. The Morgan fingerprint density at radius 3 is 2.82 bits per heavy atom. The van der Waals surface area contributed by atoms with Crippen molar-refractivity contribution in [3.05, 3.63) is 53.1 Å². The number of nitrogens with two attached hydrogens (primary N) is 1. The van der Waals surface area contributed by atoms with Gasteiger partial charge in [0.25, 0.3) is 0 Å². The number of aryl methyl sites for hydroxylation is 2. The van der Waals surface area contributed by atoms with Crippen LogP contribution in [0.5, 0.6) is 5.75 Å². The molecular formula is C17H20N2O3. The number of oxime groups is 1. The highest BCUT2D eigenvalue weighted by atomic mass is 16.7. The monoisotopic (exact) mass is 300 g/mol. The van der Waals surface area contributed by atoms with Crippen molar-refractivity contribution < 1.29 is 14.4 Å². The highest BCUT2D eigenvalue weighted by Crippen LogP contribution is 2.16. The van der Waals surface area contributed by atoms with E-state index in [1.807, 2.05) is 50.3 Å². The second-order valence-electron chi connectivity index (χ2n) is 5.21. The second-order valence-corrected chi connectivity index (χ2v) is 5.21. The van der Waals surface area contributed by atoms with Gasteiger partial charge in [0.2, 0.25) is 0 Å². The third kappa shape index (κ3) is 4.77. The van der Waals surface area contributed by atoms with Crippen LogP contribution in [0.3, 0.4) is 0 Å². The fourth-order valence-electron chi connectivity index (χ4n) is 1.97. The lowest BCUT2D eigenvalue weighted by atomic mass is 10.1. The van der Waals surface area contributed by atoms with Gasteiger partial charge in [0.05, 0.1) is 0 Å². The van der Waals surface area contributed by atoms with E-state index >= 15 is 0 Å². The Bertz CT molecular complexity index is 645. The first kappa shape index (κ1) is 15.8. The van der Waals surface area contributed by atoms with E-state index in [0.29, 0.717) is 12.2 Å². The van der Waals surface area contributed by atoms with Crippen LogP contribution in [0.4, 0.5) is 0 Å². The molecule has 0 unspecified atom stereocenters. The summed E-state index contributed by atoms with van der Waals surface area (Å²) in [7, 11) is 0. The van der Waals surface area contributed by atoms with Gasteiger partial charge in [-0.25, -0.2) is 4.79 Å². The van der Waals surface area contributed by atoms with Crippen molar-refractivity contribution in [3.63, 3.8) is 0 Å². The SMILES string of the molecule is Cc1ccc(OCC(=O)O/N=C(\N)CC2=CC=CC2)cc1C. The number of nitrogens with zero attached hydrogens (tertiary/aromatic N) is 1. The van der Waals surface area contributed by atoms with Crippen molar-refractivity contribution in [2.45, 2.75) is 26.7 Å². The van der Waals surface area contributed by atoms with Crippen LogP contribution in [0.25, 0.3) is 0 Å². The van der Waals surface area contributed by atoms with Crippen LogP contribution in [0.2, 0.25) is 0 Å². The number of hydrogen-bond acceptors (Lipinski definition) is 4. The zero-order valence-corrected chi connectivity index (χ0v) is 12.8. The van der Waals surface area contributed by atoms with Gasteiger partial charge in [0, 0.05) is 6.42 Å². The Kier molecular flexibility index (Phi) is 5.36. The average Bonchev–Trinajstić information content (AvgIpc) is 2.99. The Hall–Kier alpha value is -2.56. The molecule has 5 heteroatoms. The highest BCUT2D eigenvalue weighted by molar-refractivity contribution is 5.83. The van der Waals surface area contributed by atoms with Gasteiger partial charge in [-0.2, -0.15) is 0 Å². The van der Waals surface area contributed by atoms with E-state index in [4.69, 9.17) is 15.3 Å². The molecule has 0 aliphatic heterocycles. The quantitative estimate of drug-likeness (QED) is 0.379. The Morgan fingerprint density at radius 1 is 1.32 bits per heavy atom. The minimum Gasteiger partial charge on any atom is -0.482 e. The summed E-state index contributed by atoms with van der Waals surface area (Å²) in [6.45, 7) is 3.79. The highest BCUT2D eigenvalue weighted by Gasteiger charge is 2.07. The van der Waals surface area contributed by atoms with Crippen molar-refractivity contribution in [2.75, 3.05) is 6.61 Å². The molecule has 116 valence electrons. The standard InChI is InChI=1S/C17H20N2O3/c1-12-7-8-15(9-13(12)2)21-11-17(20)22-19-16(18)10-14-5-3-4-6-14/h3-5,7-9H,6,10-11H2,1-2H3,(H2,18,19). The summed E-state index contributed by atoms with van der Waals surface area (Å²) in [5.74, 6) is 0.313. The molecule has 1 aliphatic carbocycles. The largest absolute Gasteiger partial charge is 0.482 e. The van der Waals surface area contributed by atoms with Crippen LogP contribution < -0.4 is 10.5 Å². The smallest absolute Gasteiger partial charge is 0.372 e. The third-order valence-corrected chi connectivity index (χ3v) is 3.36. The maximum Gasteiger partial charge on any atom is 0.372 e. The van der Waals surface area contributed by atoms with Gasteiger partial charge in [-0.3, -0.25) is 0 Å². The Labute approximate surface area is 130 Å². The second kappa shape index (κ2) is 7.45. The zero-order valence-electron chi connectivity index (χ0n) is 12.8. The molecule has 1 aromatic carbocycles. The predicted octanol–water partition coefficient (Wildman–Crippen LogP) is 2.77. The van der Waals surface area contributed by atoms with Crippen molar-refractivity contribution in [2.24, 2.45) is 10.9 Å². The molecule has 0 amide bonds. The van der Waals surface area contributed by atoms with Gasteiger partial charge >= 0.3 is 5.97 Å². The first-order valence-corrected chi connectivity index (χ1v) is 7.11. The van der Waals surface area contributed by atoms with Crippen molar-refractivity contribution in [1.29, 1.82) is 0 Å². The topological polar surface area (TPSA) is 73.9 Å². The molecular weight excluding hydrogens is 280 g/mol. The van der Waals surface area contributed by atoms with E-state index in [1.54, 1.807) is 0 Å². The minimum atomic E-state index is -0.584. The summed E-state index contributed by atoms with van der Waals surface area (Å²) in [5.41, 5.74) is 9.12. The van der Waals surface area contributed by atoms with Crippen molar-refractivity contribution in [3.8, 4) is 5.75 Å². The van der Waals surface area contributed by atoms with E-state index in [1.165, 1.54) is 5.56 Å². The van der Waals surface area contributed by atoms with Crippen LogP contribution >= 0.6 is 0 Å². The molecule has 0 heterocycles. The molecule has 0 saturated carbocycles. The number of rotatable bonds is 6. The molecule has 0 fully saturated rings. The summed E-state index contributed by atoms with van der Waals surface area (Å²) >= 11 is 0. The van der Waals surface area contributed by atoms with Gasteiger partial charge in [-0.1, -0.05) is 35.0 Å². The maximum absolute atomic E-state index is 11.6. The van der Waals surface area contributed by atoms with E-state index in [9.17, 15) is 4.79 Å². The molecule has 1 aliphatic rings. The van der Waals surface area contributed by atoms with Crippen LogP contribution in [-0.4, -0.2) is 18.4 Å². The van der Waals surface area contributed by atoms with Gasteiger partial charge in [0.15, 0.2) is 6.61 Å². The molecule has 2 rings (SSSR count). The molecule has 1 aromatic rings. The normalized spacial score (nSPS) is 13.9. The third-order valence-electron chi connectivity index (χ3n) is 3.36. The lowest BCUT2D eigenvalue weighted by Crippen LogP contribution is -2.17. The van der Waals surface area contributed by atoms with Crippen LogP contribution in [-0.2, 0) is 9.63 Å². The number of amidine groups is 1. The van der Waals surface area contributed by atoms with E-state index in [-0.39, 0.29) is 12.4 Å². The summed E-state index contributed by atoms with van der Waals surface area (Å²) in [5, 5.41) is 3.63. The van der Waals surface area contributed by atoms with Gasteiger partial charge in [-0.05, 0) is 43.5 Å². The van der Waals surface area contributed by atoms with Crippen molar-refractivity contribution >= 4 is 11.8 Å². The Balaban J connectivity index is 1.76. The van der Waals surface area contributed by atoms with Crippen LogP contribution in [0, 0.1) is 13.8 Å². The van der Waals surface area contributed by atoms with Crippen molar-refractivity contribution in [1.82, 2.24) is 0 Å². The number of carbonyl (C=O) groups excluding carboxylic acids is 1. The number of carbonyl (C=O) groups is 1. The van der Waals surface area contributed by atoms with Crippen LogP contribution in [0.15, 0.2) is 47.2 Å². The fraction of sp³-hybridized carbons (Fsp3) is 0.294. The number of benzene rings is 1. The average molecular weight is 300 g/mol. The molecule has 0 radical (unpaired) electrons. The molecule has 0 spiro atoms. The first-order chi connectivity index (χ1) is 10.5. The molecule has 0 bridgehead atoms. The summed E-state index contributed by atoms with van der Waals surface area (Å²) in [6, 6.07) is 5.63. The summed E-state index contributed by atoms with van der Waals surface area (Å²) in [6.07, 6.45) is 7.34. The number of hydrogen-bond donors (Lipinski definition) is 1. The molecule has 2 N–H and O–H groups in total. The number of allylic oxidation sites excluding steroid dienone is 3. The molecule has 0 aromatic heterocycles. The fourth-order valence-corrected chi connectivity index (χ4v) is 1.97.